The van der Waals surface area contributed by atoms with Gasteiger partial charge in [-0.15, -0.1) is 0 Å². The predicted octanol–water partition coefficient (Wildman–Crippen LogP) is 0.803. The monoisotopic (exact) mass is 242 g/mol. The highest BCUT2D eigenvalue weighted by Crippen LogP contribution is 2.19. The van der Waals surface area contributed by atoms with Crippen molar-refractivity contribution in [3.63, 3.8) is 0 Å². The minimum atomic E-state index is -0.0487. The number of likely N-dealkylation sites (tertiary alicyclic amines) is 1. The number of likely N-dealkylation sites (N-methyl/N-ethyl adjacent to an activating group) is 1. The smallest absolute Gasteiger partial charge is 0.240 e. The molecule has 1 saturated heterocycles. The van der Waals surface area contributed by atoms with Crippen LogP contribution in [0.2, 0.25) is 0 Å². The number of carbonyl (C=O) groups is 1. The molecular formula is C13H26N2O2. The van der Waals surface area contributed by atoms with Crippen LogP contribution in [0.15, 0.2) is 0 Å². The van der Waals surface area contributed by atoms with Crippen LogP contribution in [0.25, 0.3) is 0 Å². The lowest BCUT2D eigenvalue weighted by Gasteiger charge is -2.37. The third-order valence-corrected chi connectivity index (χ3v) is 3.53. The SMILES string of the molecule is CC(C)C(C(=O)N1CCCC(CO)C1)N(C)C. The Bertz CT molecular complexity index is 246. The zero-order valence-electron chi connectivity index (χ0n) is 11.5. The van der Waals surface area contributed by atoms with Gasteiger partial charge in [0.2, 0.25) is 5.91 Å². The first kappa shape index (κ1) is 14.5. The molecule has 0 aromatic carbocycles. The van der Waals surface area contributed by atoms with Gasteiger partial charge >= 0.3 is 0 Å². The van der Waals surface area contributed by atoms with Gasteiger partial charge in [0.15, 0.2) is 0 Å². The van der Waals surface area contributed by atoms with E-state index in [1.54, 1.807) is 0 Å². The van der Waals surface area contributed by atoms with Crippen molar-refractivity contribution in [3.05, 3.63) is 0 Å². The largest absolute Gasteiger partial charge is 0.396 e. The molecule has 1 aliphatic rings. The van der Waals surface area contributed by atoms with Crippen molar-refractivity contribution in [1.29, 1.82) is 0 Å². The quantitative estimate of drug-likeness (QED) is 0.793. The van der Waals surface area contributed by atoms with E-state index in [-0.39, 0.29) is 24.5 Å². The summed E-state index contributed by atoms with van der Waals surface area (Å²) in [6.07, 6.45) is 2.05. The maximum absolute atomic E-state index is 12.4. The van der Waals surface area contributed by atoms with Gasteiger partial charge in [0.1, 0.15) is 0 Å². The average Bonchev–Trinajstić information content (AvgIpc) is 2.28. The van der Waals surface area contributed by atoms with Crippen molar-refractivity contribution in [2.75, 3.05) is 33.8 Å². The second-order valence-electron chi connectivity index (χ2n) is 5.63. The highest BCUT2D eigenvalue weighted by Gasteiger charge is 2.31. The zero-order chi connectivity index (χ0) is 13.0. The lowest BCUT2D eigenvalue weighted by Crippen LogP contribution is -2.51. The van der Waals surface area contributed by atoms with E-state index >= 15 is 0 Å². The topological polar surface area (TPSA) is 43.8 Å². The van der Waals surface area contributed by atoms with Gasteiger partial charge in [-0.1, -0.05) is 13.8 Å². The molecule has 0 aliphatic carbocycles. The fourth-order valence-corrected chi connectivity index (χ4v) is 2.70. The number of rotatable bonds is 4. The molecule has 0 spiro atoms. The molecule has 2 unspecified atom stereocenters. The highest BCUT2D eigenvalue weighted by atomic mass is 16.3. The molecule has 1 heterocycles. The molecule has 17 heavy (non-hydrogen) atoms. The molecule has 2 atom stereocenters. The van der Waals surface area contributed by atoms with E-state index in [9.17, 15) is 9.90 Å². The summed E-state index contributed by atoms with van der Waals surface area (Å²) in [7, 11) is 3.91. The molecule has 0 radical (unpaired) electrons. The molecule has 100 valence electrons. The van der Waals surface area contributed by atoms with E-state index in [0.717, 1.165) is 19.4 Å². The molecule has 1 N–H and O–H groups in total. The van der Waals surface area contributed by atoms with Crippen LogP contribution in [0.5, 0.6) is 0 Å². The molecule has 0 aromatic heterocycles. The Hall–Kier alpha value is -0.610. The summed E-state index contributed by atoms with van der Waals surface area (Å²) in [6.45, 7) is 5.91. The Kier molecular flexibility index (Phi) is 5.40. The lowest BCUT2D eigenvalue weighted by atomic mass is 9.96. The van der Waals surface area contributed by atoms with Gasteiger partial charge in [-0.05, 0) is 38.8 Å². The first-order valence-electron chi connectivity index (χ1n) is 6.53. The Balaban J connectivity index is 2.67. The number of piperidine rings is 1. The normalized spacial score (nSPS) is 23.2. The molecule has 4 heteroatoms. The van der Waals surface area contributed by atoms with Crippen LogP contribution in [0, 0.1) is 11.8 Å². The van der Waals surface area contributed by atoms with E-state index in [1.165, 1.54) is 0 Å². The number of hydrogen-bond donors (Lipinski definition) is 1. The van der Waals surface area contributed by atoms with Crippen molar-refractivity contribution in [1.82, 2.24) is 9.80 Å². The van der Waals surface area contributed by atoms with Gasteiger partial charge in [-0.25, -0.2) is 0 Å². The summed E-state index contributed by atoms with van der Waals surface area (Å²) in [5.74, 6) is 0.790. The zero-order valence-corrected chi connectivity index (χ0v) is 11.5. The Labute approximate surface area is 105 Å². The first-order valence-corrected chi connectivity index (χ1v) is 6.53. The molecule has 1 amide bonds. The minimum absolute atomic E-state index is 0.0487. The molecule has 0 aromatic rings. The van der Waals surface area contributed by atoms with Gasteiger partial charge in [-0.2, -0.15) is 0 Å². The van der Waals surface area contributed by atoms with Crippen LogP contribution in [0.1, 0.15) is 26.7 Å². The fourth-order valence-electron chi connectivity index (χ4n) is 2.70. The van der Waals surface area contributed by atoms with E-state index < -0.39 is 0 Å². The second-order valence-corrected chi connectivity index (χ2v) is 5.63. The Morgan fingerprint density at radius 2 is 2.12 bits per heavy atom. The number of carbonyl (C=O) groups excluding carboxylic acids is 1. The summed E-state index contributed by atoms with van der Waals surface area (Å²) < 4.78 is 0. The van der Waals surface area contributed by atoms with Crippen LogP contribution in [0.3, 0.4) is 0 Å². The number of aliphatic hydroxyl groups excluding tert-OH is 1. The van der Waals surface area contributed by atoms with Gasteiger partial charge in [0.25, 0.3) is 0 Å². The third-order valence-electron chi connectivity index (χ3n) is 3.53. The average molecular weight is 242 g/mol. The summed E-state index contributed by atoms with van der Waals surface area (Å²) in [5.41, 5.74) is 0. The number of aliphatic hydroxyl groups is 1. The van der Waals surface area contributed by atoms with Gasteiger partial charge in [-0.3, -0.25) is 9.69 Å². The Morgan fingerprint density at radius 1 is 1.47 bits per heavy atom. The van der Waals surface area contributed by atoms with Crippen molar-refractivity contribution < 1.29 is 9.90 Å². The van der Waals surface area contributed by atoms with Crippen LogP contribution in [-0.4, -0.2) is 60.6 Å². The fraction of sp³-hybridized carbons (Fsp3) is 0.923. The summed E-state index contributed by atoms with van der Waals surface area (Å²) in [4.78, 5) is 16.4. The van der Waals surface area contributed by atoms with Gasteiger partial charge in [0.05, 0.1) is 6.04 Å². The van der Waals surface area contributed by atoms with Gasteiger partial charge < -0.3 is 10.0 Å². The molecule has 0 bridgehead atoms. The lowest BCUT2D eigenvalue weighted by molar-refractivity contribution is -0.139. The number of nitrogens with zero attached hydrogens (tertiary/aromatic N) is 2. The van der Waals surface area contributed by atoms with E-state index in [1.807, 2.05) is 23.9 Å². The maximum atomic E-state index is 12.4. The summed E-state index contributed by atoms with van der Waals surface area (Å²) >= 11 is 0. The van der Waals surface area contributed by atoms with Crippen LogP contribution < -0.4 is 0 Å². The van der Waals surface area contributed by atoms with Crippen LogP contribution in [0.4, 0.5) is 0 Å². The highest BCUT2D eigenvalue weighted by molar-refractivity contribution is 5.82. The van der Waals surface area contributed by atoms with Crippen molar-refractivity contribution in [2.45, 2.75) is 32.7 Å². The van der Waals surface area contributed by atoms with E-state index in [4.69, 9.17) is 0 Å². The molecule has 1 fully saturated rings. The maximum Gasteiger partial charge on any atom is 0.240 e. The standard InChI is InChI=1S/C13H26N2O2/c1-10(2)12(14(3)4)13(17)15-7-5-6-11(8-15)9-16/h10-12,16H,5-9H2,1-4H3. The molecule has 0 saturated carbocycles. The van der Waals surface area contributed by atoms with Crippen LogP contribution >= 0.6 is 0 Å². The van der Waals surface area contributed by atoms with Crippen LogP contribution in [-0.2, 0) is 4.79 Å². The van der Waals surface area contributed by atoms with E-state index in [2.05, 4.69) is 13.8 Å². The molecule has 1 aliphatic heterocycles. The predicted molar refractivity (Wildman–Crippen MR) is 68.7 cm³/mol. The van der Waals surface area contributed by atoms with E-state index in [0.29, 0.717) is 12.5 Å². The first-order chi connectivity index (χ1) is 7.97. The summed E-state index contributed by atoms with van der Waals surface area (Å²) in [6, 6.07) is -0.0487. The summed E-state index contributed by atoms with van der Waals surface area (Å²) in [5, 5.41) is 9.20. The van der Waals surface area contributed by atoms with Crippen molar-refractivity contribution in [3.8, 4) is 0 Å². The van der Waals surface area contributed by atoms with Crippen molar-refractivity contribution in [2.24, 2.45) is 11.8 Å². The van der Waals surface area contributed by atoms with Crippen molar-refractivity contribution >= 4 is 5.91 Å². The third kappa shape index (κ3) is 3.68. The number of amides is 1. The minimum Gasteiger partial charge on any atom is -0.396 e. The second kappa shape index (κ2) is 6.36. The molecule has 4 nitrogen and oxygen atoms in total. The molecular weight excluding hydrogens is 216 g/mol. The van der Waals surface area contributed by atoms with Gasteiger partial charge in [0, 0.05) is 19.7 Å². The molecule has 1 rings (SSSR count). The Morgan fingerprint density at radius 3 is 2.59 bits per heavy atom. The number of hydrogen-bond acceptors (Lipinski definition) is 3.